The highest BCUT2D eigenvalue weighted by Crippen LogP contribution is 2.41. The molecule has 0 saturated carbocycles. The van der Waals surface area contributed by atoms with E-state index in [2.05, 4.69) is 0 Å². The van der Waals surface area contributed by atoms with Crippen LogP contribution in [-0.2, 0) is 14.3 Å². The lowest BCUT2D eigenvalue weighted by molar-refractivity contribution is -0.384. The minimum absolute atomic E-state index is 0.0690. The third-order valence-corrected chi connectivity index (χ3v) is 5.80. The molecule has 0 spiro atoms. The minimum atomic E-state index is -0.843. The molecule has 9 heteroatoms. The van der Waals surface area contributed by atoms with Crippen molar-refractivity contribution in [2.75, 3.05) is 19.8 Å². The molecule has 2 heterocycles. The summed E-state index contributed by atoms with van der Waals surface area (Å²) >= 11 is 0. The van der Waals surface area contributed by atoms with Crippen LogP contribution in [0.15, 0.2) is 54.1 Å². The number of benzene rings is 2. The second-order valence-corrected chi connectivity index (χ2v) is 7.90. The Kier molecular flexibility index (Phi) is 6.41. The van der Waals surface area contributed by atoms with Gasteiger partial charge < -0.3 is 19.5 Å². The zero-order valence-corrected chi connectivity index (χ0v) is 18.1. The Labute approximate surface area is 190 Å². The molecule has 1 amide bonds. The summed E-state index contributed by atoms with van der Waals surface area (Å²) in [7, 11) is 0. The summed E-state index contributed by atoms with van der Waals surface area (Å²) in [6, 6.07) is 11.4. The first-order valence-corrected chi connectivity index (χ1v) is 10.8. The van der Waals surface area contributed by atoms with Crippen LogP contribution in [0.2, 0.25) is 0 Å². The first-order valence-electron chi connectivity index (χ1n) is 10.8. The van der Waals surface area contributed by atoms with Crippen LogP contribution in [0.4, 0.5) is 5.69 Å². The number of likely N-dealkylation sites (tertiary alicyclic amines) is 1. The van der Waals surface area contributed by atoms with E-state index in [1.807, 2.05) is 6.92 Å². The van der Waals surface area contributed by atoms with E-state index in [4.69, 9.17) is 9.47 Å². The molecule has 0 aromatic heterocycles. The largest absolute Gasteiger partial charge is 0.507 e. The van der Waals surface area contributed by atoms with Gasteiger partial charge in [0.1, 0.15) is 11.5 Å². The van der Waals surface area contributed by atoms with E-state index in [1.54, 1.807) is 24.3 Å². The number of ether oxygens (including phenoxy) is 2. The van der Waals surface area contributed by atoms with Gasteiger partial charge in [-0.3, -0.25) is 19.7 Å². The Morgan fingerprint density at radius 1 is 1.24 bits per heavy atom. The number of nitro benzene ring substituents is 1. The number of non-ortho nitro benzene ring substituents is 1. The van der Waals surface area contributed by atoms with Crippen LogP contribution >= 0.6 is 0 Å². The number of Topliss-reactive ketones (excluding diaryl/α,β-unsaturated/α-hetero) is 1. The maximum atomic E-state index is 13.1. The molecule has 2 fully saturated rings. The predicted molar refractivity (Wildman–Crippen MR) is 119 cm³/mol. The first kappa shape index (κ1) is 22.5. The van der Waals surface area contributed by atoms with Crippen molar-refractivity contribution in [3.63, 3.8) is 0 Å². The normalized spacial score (nSPS) is 22.0. The van der Waals surface area contributed by atoms with Crippen molar-refractivity contribution in [3.05, 3.63) is 75.3 Å². The molecule has 2 aliphatic rings. The third kappa shape index (κ3) is 4.45. The van der Waals surface area contributed by atoms with Crippen LogP contribution in [0.5, 0.6) is 5.75 Å². The average Bonchev–Trinajstić information content (AvgIpc) is 3.41. The Bertz CT molecular complexity index is 1100. The molecule has 2 aliphatic heterocycles. The third-order valence-electron chi connectivity index (χ3n) is 5.80. The number of carbonyl (C=O) groups excluding carboxylic acids is 2. The molecular weight excluding hydrogens is 428 g/mol. The number of nitrogens with zero attached hydrogens (tertiary/aromatic N) is 2. The highest BCUT2D eigenvalue weighted by molar-refractivity contribution is 6.46. The molecule has 9 nitrogen and oxygen atoms in total. The smallest absolute Gasteiger partial charge is 0.295 e. The van der Waals surface area contributed by atoms with Crippen molar-refractivity contribution in [3.8, 4) is 5.75 Å². The Morgan fingerprint density at radius 2 is 2.00 bits per heavy atom. The number of carbonyl (C=O) groups is 2. The van der Waals surface area contributed by atoms with Crippen LogP contribution in [0.1, 0.15) is 36.9 Å². The summed E-state index contributed by atoms with van der Waals surface area (Å²) < 4.78 is 11.3. The zero-order chi connectivity index (χ0) is 23.5. The molecule has 1 N–H and O–H groups in total. The van der Waals surface area contributed by atoms with Crippen LogP contribution in [-0.4, -0.2) is 52.5 Å². The van der Waals surface area contributed by atoms with Crippen LogP contribution in [0.3, 0.4) is 0 Å². The number of hydrogen-bond acceptors (Lipinski definition) is 7. The number of rotatable bonds is 7. The predicted octanol–water partition coefficient (Wildman–Crippen LogP) is 3.59. The van der Waals surface area contributed by atoms with Crippen LogP contribution in [0, 0.1) is 10.1 Å². The fourth-order valence-electron chi connectivity index (χ4n) is 4.26. The highest BCUT2D eigenvalue weighted by Gasteiger charge is 2.47. The van der Waals surface area contributed by atoms with Gasteiger partial charge in [-0.2, -0.15) is 0 Å². The molecule has 2 aromatic carbocycles. The lowest BCUT2D eigenvalue weighted by Gasteiger charge is -2.27. The van der Waals surface area contributed by atoms with Gasteiger partial charge in [0.25, 0.3) is 17.4 Å². The fourth-order valence-corrected chi connectivity index (χ4v) is 4.26. The minimum Gasteiger partial charge on any atom is -0.507 e. The quantitative estimate of drug-likeness (QED) is 0.224. The van der Waals surface area contributed by atoms with Gasteiger partial charge in [0.15, 0.2) is 0 Å². The van der Waals surface area contributed by atoms with E-state index >= 15 is 0 Å². The maximum Gasteiger partial charge on any atom is 0.295 e. The summed E-state index contributed by atoms with van der Waals surface area (Å²) in [5.74, 6) is -1.34. The van der Waals surface area contributed by atoms with E-state index in [9.17, 15) is 24.8 Å². The number of amides is 1. The molecule has 2 atom stereocenters. The second-order valence-electron chi connectivity index (χ2n) is 7.90. The van der Waals surface area contributed by atoms with E-state index in [-0.39, 0.29) is 35.2 Å². The van der Waals surface area contributed by atoms with Gasteiger partial charge in [0.2, 0.25) is 0 Å². The molecule has 0 radical (unpaired) electrons. The number of nitro groups is 1. The van der Waals surface area contributed by atoms with Crippen LogP contribution < -0.4 is 4.74 Å². The highest BCUT2D eigenvalue weighted by atomic mass is 16.6. The Balaban J connectivity index is 1.81. The summed E-state index contributed by atoms with van der Waals surface area (Å²) in [4.78, 5) is 38.0. The fraction of sp³-hybridized carbons (Fsp3) is 0.333. The van der Waals surface area contributed by atoms with Gasteiger partial charge >= 0.3 is 0 Å². The molecule has 0 bridgehead atoms. The van der Waals surface area contributed by atoms with Crippen molar-refractivity contribution in [2.24, 2.45) is 0 Å². The van der Waals surface area contributed by atoms with Crippen molar-refractivity contribution in [1.29, 1.82) is 0 Å². The molecule has 2 saturated heterocycles. The summed E-state index contributed by atoms with van der Waals surface area (Å²) in [5.41, 5.74) is 0.607. The molecular formula is C24H24N2O7. The number of hydrogen-bond donors (Lipinski definition) is 1. The lowest BCUT2D eigenvalue weighted by Crippen LogP contribution is -2.36. The summed E-state index contributed by atoms with van der Waals surface area (Å²) in [6.45, 7) is 3.11. The molecule has 2 unspecified atom stereocenters. The van der Waals surface area contributed by atoms with Crippen molar-refractivity contribution < 1.29 is 29.1 Å². The number of aliphatic hydroxyl groups excluding tert-OH is 1. The standard InChI is InChI=1S/C24H24N2O7/c1-2-32-18-6-3-5-16(13-18)21-20(22(27)15-8-10-17(11-9-15)26(30)31)23(28)24(29)25(21)14-19-7-4-12-33-19/h3,5-6,8-11,13,19,21,27H,2,4,7,12,14H2,1H3/b22-20+. The zero-order valence-electron chi connectivity index (χ0n) is 18.1. The van der Waals surface area contributed by atoms with E-state index < -0.39 is 22.7 Å². The second kappa shape index (κ2) is 9.41. The van der Waals surface area contributed by atoms with E-state index in [1.165, 1.54) is 29.2 Å². The number of aliphatic hydroxyl groups is 1. The molecule has 0 aliphatic carbocycles. The van der Waals surface area contributed by atoms with Gasteiger partial charge in [-0.1, -0.05) is 12.1 Å². The van der Waals surface area contributed by atoms with Crippen molar-refractivity contribution in [1.82, 2.24) is 4.90 Å². The van der Waals surface area contributed by atoms with E-state index in [0.717, 1.165) is 12.8 Å². The Morgan fingerprint density at radius 3 is 2.64 bits per heavy atom. The Hall–Kier alpha value is -3.72. The number of ketones is 1. The van der Waals surface area contributed by atoms with Gasteiger partial charge in [0, 0.05) is 30.8 Å². The van der Waals surface area contributed by atoms with Gasteiger partial charge in [-0.25, -0.2) is 0 Å². The maximum absolute atomic E-state index is 13.1. The monoisotopic (exact) mass is 452 g/mol. The topological polar surface area (TPSA) is 119 Å². The average molecular weight is 452 g/mol. The van der Waals surface area contributed by atoms with Gasteiger partial charge in [-0.15, -0.1) is 0 Å². The first-order chi connectivity index (χ1) is 15.9. The van der Waals surface area contributed by atoms with Gasteiger partial charge in [-0.05, 0) is 49.6 Å². The SMILES string of the molecule is CCOc1cccc(C2/C(=C(\O)c3ccc([N+](=O)[O-])cc3)C(=O)C(=O)N2CC2CCCO2)c1. The molecule has 33 heavy (non-hydrogen) atoms. The van der Waals surface area contributed by atoms with Gasteiger partial charge in [0.05, 0.1) is 29.2 Å². The lowest BCUT2D eigenvalue weighted by atomic mass is 9.95. The summed E-state index contributed by atoms with van der Waals surface area (Å²) in [5, 5.41) is 22.0. The molecule has 2 aromatic rings. The summed E-state index contributed by atoms with van der Waals surface area (Å²) in [6.07, 6.45) is 1.46. The van der Waals surface area contributed by atoms with E-state index in [0.29, 0.717) is 24.5 Å². The van der Waals surface area contributed by atoms with Crippen molar-refractivity contribution in [2.45, 2.75) is 31.9 Å². The van der Waals surface area contributed by atoms with Crippen LogP contribution in [0.25, 0.3) is 5.76 Å². The molecule has 4 rings (SSSR count). The molecule has 172 valence electrons. The van der Waals surface area contributed by atoms with Crippen molar-refractivity contribution >= 4 is 23.1 Å².